The first-order chi connectivity index (χ1) is 11.0. The van der Waals surface area contributed by atoms with Crippen LogP contribution in [0.2, 0.25) is 0 Å². The first-order valence-electron chi connectivity index (χ1n) is 7.72. The summed E-state index contributed by atoms with van der Waals surface area (Å²) in [7, 11) is 0. The number of alkyl halides is 1. The molecule has 2 aliphatic heterocycles. The molecule has 2 saturated heterocycles. The predicted molar refractivity (Wildman–Crippen MR) is 88.2 cm³/mol. The van der Waals surface area contributed by atoms with Crippen molar-refractivity contribution < 1.29 is 18.1 Å². The molecule has 0 spiro atoms. The summed E-state index contributed by atoms with van der Waals surface area (Å²) < 4.78 is 40.3. The third-order valence-corrected chi connectivity index (χ3v) is 7.16. The zero-order valence-electron chi connectivity index (χ0n) is 12.7. The molecule has 2 fully saturated rings. The van der Waals surface area contributed by atoms with E-state index in [1.165, 1.54) is 29.2 Å². The minimum Gasteiger partial charge on any atom is -0.611 e. The molecule has 23 heavy (non-hydrogen) atoms. The molecule has 3 nitrogen and oxygen atoms in total. The van der Waals surface area contributed by atoms with Crippen LogP contribution in [0, 0.1) is 5.82 Å². The van der Waals surface area contributed by atoms with Crippen LogP contribution in [0.15, 0.2) is 29.2 Å². The number of nitrogens with zero attached hydrogens (tertiary/aromatic N) is 1. The van der Waals surface area contributed by atoms with Crippen LogP contribution in [0.3, 0.4) is 0 Å². The predicted octanol–water partition coefficient (Wildman–Crippen LogP) is 2.77. The van der Waals surface area contributed by atoms with E-state index in [-0.39, 0.29) is 23.9 Å². The summed E-state index contributed by atoms with van der Waals surface area (Å²) in [6, 6.07) is 5.57. The Morgan fingerprint density at radius 3 is 2.61 bits per heavy atom. The van der Waals surface area contributed by atoms with Crippen LogP contribution in [0.4, 0.5) is 8.78 Å². The summed E-state index contributed by atoms with van der Waals surface area (Å²) in [5.74, 6) is 0.516. The molecule has 0 saturated carbocycles. The van der Waals surface area contributed by atoms with Gasteiger partial charge in [0.15, 0.2) is 10.6 Å². The summed E-state index contributed by atoms with van der Waals surface area (Å²) in [5, 5.41) is -0.217. The molecule has 1 aromatic rings. The van der Waals surface area contributed by atoms with Crippen LogP contribution in [0.25, 0.3) is 0 Å². The van der Waals surface area contributed by atoms with Crippen molar-refractivity contribution in [2.45, 2.75) is 35.1 Å². The Morgan fingerprint density at radius 1 is 1.30 bits per heavy atom. The van der Waals surface area contributed by atoms with Crippen molar-refractivity contribution in [2.75, 3.05) is 24.6 Å². The molecule has 1 aromatic carbocycles. The average molecular weight is 359 g/mol. The lowest BCUT2D eigenvalue weighted by atomic mass is 9.97. The number of rotatable bonds is 3. The number of halogens is 2. The van der Waals surface area contributed by atoms with E-state index in [1.54, 1.807) is 11.8 Å². The number of likely N-dealkylation sites (tertiary alicyclic amines) is 1. The summed E-state index contributed by atoms with van der Waals surface area (Å²) in [6.07, 6.45) is 1.11. The van der Waals surface area contributed by atoms with Crippen molar-refractivity contribution in [1.82, 2.24) is 4.90 Å². The number of hydrogen-bond donors (Lipinski definition) is 0. The van der Waals surface area contributed by atoms with E-state index in [9.17, 15) is 18.1 Å². The van der Waals surface area contributed by atoms with Crippen LogP contribution < -0.4 is 0 Å². The molecule has 0 aromatic heterocycles. The van der Waals surface area contributed by atoms with Crippen LogP contribution in [0.1, 0.15) is 19.3 Å². The fourth-order valence-corrected chi connectivity index (χ4v) is 5.60. The zero-order chi connectivity index (χ0) is 16.4. The number of benzene rings is 1. The summed E-state index contributed by atoms with van der Waals surface area (Å²) >= 11 is 0.361. The van der Waals surface area contributed by atoms with Gasteiger partial charge >= 0.3 is 0 Å². The third-order valence-electron chi connectivity index (χ3n) is 4.45. The molecule has 126 valence electrons. The van der Waals surface area contributed by atoms with E-state index in [1.807, 2.05) is 0 Å². The summed E-state index contributed by atoms with van der Waals surface area (Å²) in [5.41, 5.74) is -1.75. The van der Waals surface area contributed by atoms with Gasteiger partial charge in [0.1, 0.15) is 11.1 Å². The Bertz CT molecular complexity index is 564. The van der Waals surface area contributed by atoms with Gasteiger partial charge in [-0.05, 0) is 59.8 Å². The lowest BCUT2D eigenvalue weighted by Gasteiger charge is -2.31. The Balaban J connectivity index is 1.63. The summed E-state index contributed by atoms with van der Waals surface area (Å²) in [4.78, 5) is 14.5. The standard InChI is InChI=1S/C16H19F2NO2S2/c17-12-1-3-13(4-2-12)23(21)14-5-8-19(11-14)15(20)16(18)6-9-22-10-7-16/h1-4,14H,5-11H2. The molecule has 0 bridgehead atoms. The highest BCUT2D eigenvalue weighted by atomic mass is 32.2. The number of thioether (sulfide) groups is 1. The van der Waals surface area contributed by atoms with E-state index in [2.05, 4.69) is 0 Å². The molecule has 2 heterocycles. The second-order valence-corrected chi connectivity index (χ2v) is 8.95. The molecule has 0 radical (unpaired) electrons. The van der Waals surface area contributed by atoms with E-state index in [4.69, 9.17) is 0 Å². The van der Waals surface area contributed by atoms with Crippen molar-refractivity contribution in [3.8, 4) is 0 Å². The number of carbonyl (C=O) groups is 1. The SMILES string of the molecule is O=C(N1CCC([S+]([O-])c2ccc(F)cc2)C1)C1(F)CCSCC1. The number of carbonyl (C=O) groups excluding carboxylic acids is 1. The zero-order valence-corrected chi connectivity index (χ0v) is 14.3. The highest BCUT2D eigenvalue weighted by molar-refractivity contribution is 7.99. The van der Waals surface area contributed by atoms with Crippen molar-refractivity contribution in [3.05, 3.63) is 30.1 Å². The summed E-state index contributed by atoms with van der Waals surface area (Å²) in [6.45, 7) is 0.747. The number of hydrogen-bond acceptors (Lipinski definition) is 3. The normalized spacial score (nSPS) is 25.3. The van der Waals surface area contributed by atoms with E-state index < -0.39 is 22.8 Å². The fourth-order valence-electron chi connectivity index (χ4n) is 3.04. The van der Waals surface area contributed by atoms with Crippen LogP contribution in [-0.4, -0.2) is 50.9 Å². The molecule has 2 aliphatic rings. The maximum absolute atomic E-state index is 14.8. The molecular weight excluding hydrogens is 340 g/mol. The minimum absolute atomic E-state index is 0.217. The van der Waals surface area contributed by atoms with Crippen LogP contribution in [0.5, 0.6) is 0 Å². The molecule has 1 amide bonds. The van der Waals surface area contributed by atoms with Gasteiger partial charge in [-0.3, -0.25) is 4.79 Å². The first kappa shape index (κ1) is 17.0. The van der Waals surface area contributed by atoms with Crippen molar-refractivity contribution in [3.63, 3.8) is 0 Å². The highest BCUT2D eigenvalue weighted by Crippen LogP contribution is 2.34. The Kier molecular flexibility index (Phi) is 5.18. The monoisotopic (exact) mass is 359 g/mol. The quantitative estimate of drug-likeness (QED) is 0.780. The second kappa shape index (κ2) is 6.99. The van der Waals surface area contributed by atoms with Gasteiger partial charge in [-0.25, -0.2) is 8.78 Å². The van der Waals surface area contributed by atoms with Gasteiger partial charge in [0.25, 0.3) is 5.91 Å². The molecule has 0 N–H and O–H groups in total. The maximum atomic E-state index is 14.8. The Morgan fingerprint density at radius 2 is 1.96 bits per heavy atom. The van der Waals surface area contributed by atoms with Gasteiger partial charge in [0.05, 0.1) is 6.54 Å². The maximum Gasteiger partial charge on any atom is 0.260 e. The van der Waals surface area contributed by atoms with Gasteiger partial charge in [-0.15, -0.1) is 0 Å². The van der Waals surface area contributed by atoms with E-state index in [0.29, 0.717) is 35.9 Å². The third kappa shape index (κ3) is 3.67. The molecule has 2 atom stereocenters. The van der Waals surface area contributed by atoms with Crippen molar-refractivity contribution in [2.24, 2.45) is 0 Å². The van der Waals surface area contributed by atoms with Gasteiger partial charge in [-0.2, -0.15) is 11.8 Å². The van der Waals surface area contributed by atoms with Crippen LogP contribution in [-0.2, 0) is 16.0 Å². The van der Waals surface area contributed by atoms with Crippen LogP contribution >= 0.6 is 11.8 Å². The molecular formula is C16H19F2NO2S2. The van der Waals surface area contributed by atoms with E-state index in [0.717, 1.165) is 0 Å². The molecule has 7 heteroatoms. The number of amides is 1. The lowest BCUT2D eigenvalue weighted by molar-refractivity contribution is -0.143. The van der Waals surface area contributed by atoms with Gasteiger partial charge in [0, 0.05) is 13.0 Å². The first-order valence-corrected chi connectivity index (χ1v) is 10.1. The van der Waals surface area contributed by atoms with E-state index >= 15 is 0 Å². The van der Waals surface area contributed by atoms with Gasteiger partial charge in [0.2, 0.25) is 0 Å². The topological polar surface area (TPSA) is 43.4 Å². The average Bonchev–Trinajstić information content (AvgIpc) is 3.04. The molecule has 3 rings (SSSR count). The minimum atomic E-state index is -1.75. The largest absolute Gasteiger partial charge is 0.611 e. The molecule has 2 unspecified atom stereocenters. The smallest absolute Gasteiger partial charge is 0.260 e. The Hall–Kier alpha value is -0.790. The van der Waals surface area contributed by atoms with Gasteiger partial charge < -0.3 is 9.45 Å². The highest BCUT2D eigenvalue weighted by Gasteiger charge is 2.46. The fraction of sp³-hybridized carbons (Fsp3) is 0.562. The second-order valence-electron chi connectivity index (χ2n) is 5.99. The van der Waals surface area contributed by atoms with Gasteiger partial charge in [-0.1, -0.05) is 0 Å². The van der Waals surface area contributed by atoms with Crippen molar-refractivity contribution in [1.29, 1.82) is 0 Å². The lowest BCUT2D eigenvalue weighted by Crippen LogP contribution is -2.47. The molecule has 0 aliphatic carbocycles. The van der Waals surface area contributed by atoms with Crippen molar-refractivity contribution >= 4 is 28.8 Å². The Labute approximate surface area is 142 Å².